The van der Waals surface area contributed by atoms with Crippen molar-refractivity contribution in [3.05, 3.63) is 12.1 Å². The molecule has 3 rings (SSSR count). The summed E-state index contributed by atoms with van der Waals surface area (Å²) in [6.07, 6.45) is 5.26. The summed E-state index contributed by atoms with van der Waals surface area (Å²) in [6.45, 7) is 1.04. The molecule has 0 aromatic heterocycles. The molecule has 1 fully saturated rings. The predicted molar refractivity (Wildman–Crippen MR) is 77.4 cm³/mol. The van der Waals surface area contributed by atoms with Crippen molar-refractivity contribution in [1.82, 2.24) is 0 Å². The van der Waals surface area contributed by atoms with Gasteiger partial charge in [0.25, 0.3) is 0 Å². The van der Waals surface area contributed by atoms with Crippen LogP contribution in [0.1, 0.15) is 25.7 Å². The van der Waals surface area contributed by atoms with Crippen molar-refractivity contribution < 1.29 is 9.47 Å². The SMILES string of the molecule is COc1cc2c(cc1OC)NC1CCCCC1CN2. The number of anilines is 2. The largest absolute Gasteiger partial charge is 0.493 e. The zero-order valence-electron chi connectivity index (χ0n) is 11.7. The monoisotopic (exact) mass is 262 g/mol. The normalized spacial score (nSPS) is 25.2. The standard InChI is InChI=1S/C15H22N2O2/c1-18-14-7-12-13(8-15(14)19-2)17-11-6-4-3-5-10(11)9-16-12/h7-8,10-11,16-17H,3-6,9H2,1-2H3. The molecule has 2 N–H and O–H groups in total. The van der Waals surface area contributed by atoms with Crippen LogP contribution in [-0.2, 0) is 0 Å². The van der Waals surface area contributed by atoms with Gasteiger partial charge < -0.3 is 20.1 Å². The topological polar surface area (TPSA) is 42.5 Å². The van der Waals surface area contributed by atoms with E-state index in [1.165, 1.54) is 25.7 Å². The van der Waals surface area contributed by atoms with Crippen LogP contribution < -0.4 is 20.1 Å². The van der Waals surface area contributed by atoms with Crippen molar-refractivity contribution >= 4 is 11.4 Å². The lowest BCUT2D eigenvalue weighted by Crippen LogP contribution is -2.34. The third-order valence-electron chi connectivity index (χ3n) is 4.33. The molecular formula is C15H22N2O2. The summed E-state index contributed by atoms with van der Waals surface area (Å²) in [4.78, 5) is 0. The van der Waals surface area contributed by atoms with Gasteiger partial charge >= 0.3 is 0 Å². The summed E-state index contributed by atoms with van der Waals surface area (Å²) in [7, 11) is 3.35. The Hall–Kier alpha value is -1.58. The van der Waals surface area contributed by atoms with Gasteiger partial charge in [0.2, 0.25) is 0 Å². The van der Waals surface area contributed by atoms with Crippen LogP contribution in [0.15, 0.2) is 12.1 Å². The van der Waals surface area contributed by atoms with E-state index in [1.807, 2.05) is 12.1 Å². The van der Waals surface area contributed by atoms with E-state index in [9.17, 15) is 0 Å². The first-order chi connectivity index (χ1) is 9.31. The smallest absolute Gasteiger partial charge is 0.162 e. The number of hydrogen-bond donors (Lipinski definition) is 2. The van der Waals surface area contributed by atoms with E-state index < -0.39 is 0 Å². The van der Waals surface area contributed by atoms with Gasteiger partial charge in [0, 0.05) is 24.7 Å². The summed E-state index contributed by atoms with van der Waals surface area (Å²) in [5, 5.41) is 7.24. The van der Waals surface area contributed by atoms with Crippen LogP contribution in [0.3, 0.4) is 0 Å². The summed E-state index contributed by atoms with van der Waals surface area (Å²) in [5.41, 5.74) is 2.25. The molecule has 0 radical (unpaired) electrons. The Bertz CT molecular complexity index is 462. The molecule has 2 aliphatic rings. The Morgan fingerprint density at radius 1 is 1.00 bits per heavy atom. The highest BCUT2D eigenvalue weighted by molar-refractivity contribution is 5.75. The quantitative estimate of drug-likeness (QED) is 0.859. The van der Waals surface area contributed by atoms with Gasteiger partial charge in [-0.15, -0.1) is 0 Å². The van der Waals surface area contributed by atoms with E-state index >= 15 is 0 Å². The molecule has 1 aliphatic carbocycles. The van der Waals surface area contributed by atoms with Crippen molar-refractivity contribution in [2.45, 2.75) is 31.7 Å². The number of nitrogens with one attached hydrogen (secondary N) is 2. The van der Waals surface area contributed by atoms with Crippen molar-refractivity contribution in [3.63, 3.8) is 0 Å². The van der Waals surface area contributed by atoms with Crippen LogP contribution in [-0.4, -0.2) is 26.8 Å². The van der Waals surface area contributed by atoms with E-state index in [0.29, 0.717) is 6.04 Å². The minimum absolute atomic E-state index is 0.584. The fourth-order valence-corrected chi connectivity index (χ4v) is 3.23. The maximum absolute atomic E-state index is 5.39. The van der Waals surface area contributed by atoms with Gasteiger partial charge in [-0.05, 0) is 18.8 Å². The Labute approximate surface area is 114 Å². The molecule has 1 saturated carbocycles. The Morgan fingerprint density at radius 3 is 2.42 bits per heavy atom. The highest BCUT2D eigenvalue weighted by atomic mass is 16.5. The van der Waals surface area contributed by atoms with Crippen LogP contribution in [0.5, 0.6) is 11.5 Å². The van der Waals surface area contributed by atoms with Crippen LogP contribution in [0.2, 0.25) is 0 Å². The van der Waals surface area contributed by atoms with Crippen LogP contribution in [0, 0.1) is 5.92 Å². The lowest BCUT2D eigenvalue weighted by Gasteiger charge is -2.30. The Kier molecular flexibility index (Phi) is 3.40. The first-order valence-corrected chi connectivity index (χ1v) is 7.08. The van der Waals surface area contributed by atoms with E-state index in [1.54, 1.807) is 14.2 Å². The van der Waals surface area contributed by atoms with Crippen molar-refractivity contribution in [2.75, 3.05) is 31.4 Å². The number of fused-ring (bicyclic) bond motifs is 2. The third kappa shape index (κ3) is 2.31. The minimum atomic E-state index is 0.584. The molecule has 4 heteroatoms. The van der Waals surface area contributed by atoms with E-state index in [-0.39, 0.29) is 0 Å². The summed E-state index contributed by atoms with van der Waals surface area (Å²) < 4.78 is 10.8. The average Bonchev–Trinajstić information content (AvgIpc) is 2.64. The van der Waals surface area contributed by atoms with Crippen LogP contribution >= 0.6 is 0 Å². The molecule has 4 nitrogen and oxygen atoms in total. The van der Waals surface area contributed by atoms with Gasteiger partial charge in [0.15, 0.2) is 11.5 Å². The number of benzene rings is 1. The van der Waals surface area contributed by atoms with E-state index in [0.717, 1.165) is 35.3 Å². The second-order valence-electron chi connectivity index (χ2n) is 5.43. The zero-order valence-corrected chi connectivity index (χ0v) is 11.7. The predicted octanol–water partition coefficient (Wildman–Crippen LogP) is 3.10. The first-order valence-electron chi connectivity index (χ1n) is 7.08. The lowest BCUT2D eigenvalue weighted by molar-refractivity contribution is 0.342. The fourth-order valence-electron chi connectivity index (χ4n) is 3.23. The molecule has 0 spiro atoms. The molecule has 0 amide bonds. The van der Waals surface area contributed by atoms with Gasteiger partial charge in [-0.1, -0.05) is 12.8 Å². The van der Waals surface area contributed by atoms with Gasteiger partial charge in [-0.2, -0.15) is 0 Å². The van der Waals surface area contributed by atoms with Gasteiger partial charge in [0.1, 0.15) is 0 Å². The van der Waals surface area contributed by atoms with E-state index in [2.05, 4.69) is 10.6 Å². The van der Waals surface area contributed by atoms with Crippen LogP contribution in [0.4, 0.5) is 11.4 Å². The highest BCUT2D eigenvalue weighted by Crippen LogP contribution is 2.40. The molecule has 1 aliphatic heterocycles. The number of methoxy groups -OCH3 is 2. The second kappa shape index (κ2) is 5.19. The molecule has 2 atom stereocenters. The van der Waals surface area contributed by atoms with Gasteiger partial charge in [-0.3, -0.25) is 0 Å². The average molecular weight is 262 g/mol. The molecular weight excluding hydrogens is 240 g/mol. The third-order valence-corrected chi connectivity index (χ3v) is 4.33. The minimum Gasteiger partial charge on any atom is -0.493 e. The molecule has 0 bridgehead atoms. The maximum atomic E-state index is 5.39. The Balaban J connectivity index is 1.93. The van der Waals surface area contributed by atoms with Gasteiger partial charge in [-0.25, -0.2) is 0 Å². The molecule has 1 aromatic carbocycles. The maximum Gasteiger partial charge on any atom is 0.162 e. The van der Waals surface area contributed by atoms with E-state index in [4.69, 9.17) is 9.47 Å². The van der Waals surface area contributed by atoms with Crippen molar-refractivity contribution in [3.8, 4) is 11.5 Å². The van der Waals surface area contributed by atoms with Crippen LogP contribution in [0.25, 0.3) is 0 Å². The second-order valence-corrected chi connectivity index (χ2v) is 5.43. The molecule has 1 heterocycles. The molecule has 19 heavy (non-hydrogen) atoms. The summed E-state index contributed by atoms with van der Waals surface area (Å²) in [5.74, 6) is 2.28. The van der Waals surface area contributed by atoms with Crippen molar-refractivity contribution in [2.24, 2.45) is 5.92 Å². The lowest BCUT2D eigenvalue weighted by atomic mass is 9.84. The summed E-state index contributed by atoms with van der Waals surface area (Å²) in [6, 6.07) is 4.65. The fraction of sp³-hybridized carbons (Fsp3) is 0.600. The number of hydrogen-bond acceptors (Lipinski definition) is 4. The first kappa shape index (κ1) is 12.5. The number of ether oxygens (including phenoxy) is 2. The molecule has 1 aromatic rings. The summed E-state index contributed by atoms with van der Waals surface area (Å²) >= 11 is 0. The molecule has 2 unspecified atom stereocenters. The number of rotatable bonds is 2. The molecule has 0 saturated heterocycles. The molecule has 104 valence electrons. The highest BCUT2D eigenvalue weighted by Gasteiger charge is 2.28. The van der Waals surface area contributed by atoms with Crippen molar-refractivity contribution in [1.29, 1.82) is 0 Å². The Morgan fingerprint density at radius 2 is 1.68 bits per heavy atom. The van der Waals surface area contributed by atoms with Gasteiger partial charge in [0.05, 0.1) is 25.6 Å². The zero-order chi connectivity index (χ0) is 13.2.